The van der Waals surface area contributed by atoms with Crippen molar-refractivity contribution in [3.05, 3.63) is 90.2 Å². The fraction of sp³-hybridized carbons (Fsp3) is 0.200. The third-order valence-corrected chi connectivity index (χ3v) is 5.31. The lowest BCUT2D eigenvalue weighted by Crippen LogP contribution is -2.46. The maximum atomic E-state index is 15.0. The molecule has 34 heavy (non-hydrogen) atoms. The summed E-state index contributed by atoms with van der Waals surface area (Å²) >= 11 is 0. The van der Waals surface area contributed by atoms with Gasteiger partial charge in [-0.1, -0.05) is 59.8 Å². The van der Waals surface area contributed by atoms with Crippen molar-refractivity contribution in [1.82, 2.24) is 20.3 Å². The van der Waals surface area contributed by atoms with Crippen molar-refractivity contribution in [2.45, 2.75) is 12.6 Å². The summed E-state index contributed by atoms with van der Waals surface area (Å²) in [6.45, 7) is 0.307. The Kier molecular flexibility index (Phi) is 7.24. The number of hydrogen-bond acceptors (Lipinski definition) is 5. The van der Waals surface area contributed by atoms with Crippen LogP contribution in [0.5, 0.6) is 0 Å². The van der Waals surface area contributed by atoms with Gasteiger partial charge in [0.2, 0.25) is 11.8 Å². The van der Waals surface area contributed by atoms with Gasteiger partial charge in [-0.2, -0.15) is 0 Å². The van der Waals surface area contributed by atoms with Gasteiger partial charge in [0.1, 0.15) is 23.9 Å². The van der Waals surface area contributed by atoms with Crippen LogP contribution in [-0.4, -0.2) is 47.1 Å². The Labute approximate surface area is 195 Å². The highest BCUT2D eigenvalue weighted by Gasteiger charge is 2.34. The van der Waals surface area contributed by atoms with Gasteiger partial charge in [0.25, 0.3) is 0 Å². The van der Waals surface area contributed by atoms with E-state index in [1.165, 1.54) is 34.9 Å². The molecule has 0 aliphatic rings. The maximum Gasteiger partial charge on any atom is 0.249 e. The molecule has 1 heterocycles. The van der Waals surface area contributed by atoms with E-state index in [1.54, 1.807) is 48.5 Å². The van der Waals surface area contributed by atoms with Crippen molar-refractivity contribution in [2.24, 2.45) is 0 Å². The average Bonchev–Trinajstić information content (AvgIpc) is 3.26. The van der Waals surface area contributed by atoms with E-state index in [2.05, 4.69) is 15.6 Å². The van der Waals surface area contributed by atoms with Gasteiger partial charge in [-0.3, -0.25) is 14.5 Å². The summed E-state index contributed by atoms with van der Waals surface area (Å²) in [5.74, 6) is -1.59. The molecule has 1 atom stereocenters. The molecule has 0 aliphatic carbocycles. The smallest absolute Gasteiger partial charge is 0.249 e. The largest absolute Gasteiger partial charge is 0.383 e. The van der Waals surface area contributed by atoms with E-state index in [9.17, 15) is 14.0 Å². The Morgan fingerprint density at radius 3 is 2.50 bits per heavy atom. The highest BCUT2D eigenvalue weighted by molar-refractivity contribution is 6.01. The van der Waals surface area contributed by atoms with Crippen molar-refractivity contribution < 1.29 is 18.7 Å². The Hall–Kier alpha value is -4.11. The minimum atomic E-state index is -1.11. The zero-order valence-corrected chi connectivity index (χ0v) is 18.6. The minimum absolute atomic E-state index is 0.00679. The quantitative estimate of drug-likeness (QED) is 0.387. The second kappa shape index (κ2) is 10.7. The average molecular weight is 461 g/mol. The van der Waals surface area contributed by atoms with Gasteiger partial charge < -0.3 is 10.1 Å². The SMILES string of the molecule is COCCNC(=O)[C@H](c1ccccc1)N(C(=O)Cn1nnc2ccccc21)c1ccccc1F. The van der Waals surface area contributed by atoms with E-state index in [-0.39, 0.29) is 18.8 Å². The molecule has 4 rings (SSSR count). The maximum absolute atomic E-state index is 15.0. The number of nitrogens with zero attached hydrogens (tertiary/aromatic N) is 4. The Morgan fingerprint density at radius 1 is 1.03 bits per heavy atom. The van der Waals surface area contributed by atoms with Crippen LogP contribution < -0.4 is 10.2 Å². The number of para-hydroxylation sites is 2. The van der Waals surface area contributed by atoms with E-state index in [0.29, 0.717) is 23.2 Å². The van der Waals surface area contributed by atoms with Crippen LogP contribution >= 0.6 is 0 Å². The number of methoxy groups -OCH3 is 1. The number of halogens is 1. The first-order chi connectivity index (χ1) is 16.6. The van der Waals surface area contributed by atoms with Crippen LogP contribution in [0.1, 0.15) is 11.6 Å². The number of carbonyl (C=O) groups is 2. The normalized spacial score (nSPS) is 11.8. The number of rotatable bonds is 9. The number of ether oxygens (including phenoxy) is 1. The van der Waals surface area contributed by atoms with Crippen LogP contribution in [0.15, 0.2) is 78.9 Å². The standard InChI is InChI=1S/C25H24FN5O3/c1-34-16-15-27-25(33)24(18-9-3-2-4-10-18)31(21-13-7-5-11-19(21)26)23(32)17-30-22-14-8-6-12-20(22)28-29-30/h2-14,24H,15-17H2,1H3,(H,27,33)/t24-/m0/s1. The summed E-state index contributed by atoms with van der Waals surface area (Å²) in [5.41, 5.74) is 1.82. The Bertz CT molecular complexity index is 1280. The molecular formula is C25H24FN5O3. The summed E-state index contributed by atoms with van der Waals surface area (Å²) in [6.07, 6.45) is 0. The van der Waals surface area contributed by atoms with E-state index in [0.717, 1.165) is 0 Å². The first-order valence-electron chi connectivity index (χ1n) is 10.8. The minimum Gasteiger partial charge on any atom is -0.383 e. The van der Waals surface area contributed by atoms with E-state index in [4.69, 9.17) is 4.74 Å². The first-order valence-corrected chi connectivity index (χ1v) is 10.8. The van der Waals surface area contributed by atoms with Crippen LogP contribution in [-0.2, 0) is 20.9 Å². The van der Waals surface area contributed by atoms with Gasteiger partial charge in [0, 0.05) is 13.7 Å². The van der Waals surface area contributed by atoms with Crippen LogP contribution in [0, 0.1) is 5.82 Å². The molecule has 0 saturated heterocycles. The molecular weight excluding hydrogens is 437 g/mol. The number of fused-ring (bicyclic) bond motifs is 1. The monoisotopic (exact) mass is 461 g/mol. The summed E-state index contributed by atoms with van der Waals surface area (Å²) < 4.78 is 21.5. The molecule has 1 N–H and O–H groups in total. The number of hydrogen-bond donors (Lipinski definition) is 1. The zero-order valence-electron chi connectivity index (χ0n) is 18.6. The highest BCUT2D eigenvalue weighted by atomic mass is 19.1. The predicted octanol–water partition coefficient (Wildman–Crippen LogP) is 3.11. The van der Waals surface area contributed by atoms with Crippen LogP contribution in [0.4, 0.5) is 10.1 Å². The molecule has 1 aromatic heterocycles. The van der Waals surface area contributed by atoms with E-state index < -0.39 is 23.7 Å². The van der Waals surface area contributed by atoms with Crippen LogP contribution in [0.2, 0.25) is 0 Å². The van der Waals surface area contributed by atoms with E-state index >= 15 is 0 Å². The lowest BCUT2D eigenvalue weighted by molar-refractivity contribution is -0.127. The highest BCUT2D eigenvalue weighted by Crippen LogP contribution is 2.30. The molecule has 0 radical (unpaired) electrons. The molecule has 9 heteroatoms. The van der Waals surface area contributed by atoms with E-state index in [1.807, 2.05) is 12.1 Å². The second-order valence-corrected chi connectivity index (χ2v) is 7.55. The van der Waals surface area contributed by atoms with Gasteiger partial charge in [-0.05, 0) is 29.8 Å². The molecule has 174 valence electrons. The number of benzene rings is 3. The topological polar surface area (TPSA) is 89.4 Å². The zero-order chi connectivity index (χ0) is 23.9. The van der Waals surface area contributed by atoms with Gasteiger partial charge in [0.05, 0.1) is 17.8 Å². The molecule has 0 bridgehead atoms. The first kappa shape index (κ1) is 23.1. The van der Waals surface area contributed by atoms with Crippen molar-refractivity contribution in [3.63, 3.8) is 0 Å². The number of anilines is 1. The molecule has 0 fully saturated rings. The van der Waals surface area contributed by atoms with Crippen molar-refractivity contribution in [1.29, 1.82) is 0 Å². The van der Waals surface area contributed by atoms with Gasteiger partial charge in [0.15, 0.2) is 0 Å². The van der Waals surface area contributed by atoms with Crippen LogP contribution in [0.25, 0.3) is 11.0 Å². The molecule has 3 aromatic carbocycles. The molecule has 0 spiro atoms. The molecule has 0 unspecified atom stereocenters. The number of nitrogens with one attached hydrogen (secondary N) is 1. The Morgan fingerprint density at radius 2 is 1.74 bits per heavy atom. The fourth-order valence-electron chi connectivity index (χ4n) is 3.73. The number of amides is 2. The lowest BCUT2D eigenvalue weighted by Gasteiger charge is -2.31. The summed E-state index contributed by atoms with van der Waals surface area (Å²) in [5, 5.41) is 10.9. The molecule has 2 amide bonds. The number of aromatic nitrogens is 3. The van der Waals surface area contributed by atoms with Gasteiger partial charge >= 0.3 is 0 Å². The van der Waals surface area contributed by atoms with Gasteiger partial charge in [-0.25, -0.2) is 9.07 Å². The second-order valence-electron chi connectivity index (χ2n) is 7.55. The third kappa shape index (κ3) is 4.94. The summed E-state index contributed by atoms with van der Waals surface area (Å²) in [6, 6.07) is 20.8. The molecule has 4 aromatic rings. The lowest BCUT2D eigenvalue weighted by atomic mass is 10.0. The molecule has 0 saturated carbocycles. The molecule has 0 aliphatic heterocycles. The third-order valence-electron chi connectivity index (χ3n) is 5.31. The summed E-state index contributed by atoms with van der Waals surface area (Å²) in [4.78, 5) is 28.3. The van der Waals surface area contributed by atoms with Crippen molar-refractivity contribution in [2.75, 3.05) is 25.2 Å². The van der Waals surface area contributed by atoms with Crippen molar-refractivity contribution in [3.8, 4) is 0 Å². The fourth-order valence-corrected chi connectivity index (χ4v) is 3.73. The predicted molar refractivity (Wildman–Crippen MR) is 125 cm³/mol. The number of carbonyl (C=O) groups excluding carboxylic acids is 2. The van der Waals surface area contributed by atoms with Gasteiger partial charge in [-0.15, -0.1) is 5.10 Å². The summed E-state index contributed by atoms with van der Waals surface area (Å²) in [7, 11) is 1.53. The molecule has 8 nitrogen and oxygen atoms in total. The van der Waals surface area contributed by atoms with Crippen LogP contribution in [0.3, 0.4) is 0 Å². The van der Waals surface area contributed by atoms with Crippen molar-refractivity contribution >= 4 is 28.5 Å². The Balaban J connectivity index is 1.77.